The van der Waals surface area contributed by atoms with Gasteiger partial charge in [0.1, 0.15) is 5.75 Å². The molecule has 1 unspecified atom stereocenters. The van der Waals surface area contributed by atoms with E-state index in [4.69, 9.17) is 4.74 Å². The van der Waals surface area contributed by atoms with E-state index in [2.05, 4.69) is 46.6 Å². The lowest BCUT2D eigenvalue weighted by molar-refractivity contribution is 0.0925. The minimum atomic E-state index is -0.226. The van der Waals surface area contributed by atoms with Gasteiger partial charge in [-0.05, 0) is 68.2 Å². The predicted octanol–water partition coefficient (Wildman–Crippen LogP) is 3.60. The van der Waals surface area contributed by atoms with Gasteiger partial charge >= 0.3 is 0 Å². The number of hydrogen-bond donors (Lipinski definition) is 1. The summed E-state index contributed by atoms with van der Waals surface area (Å²) in [5.74, 6) is 0.818. The molecule has 4 nitrogen and oxygen atoms in total. The fourth-order valence-electron chi connectivity index (χ4n) is 4.58. The van der Waals surface area contributed by atoms with Crippen molar-refractivity contribution in [2.45, 2.75) is 31.1 Å². The molecule has 0 spiro atoms. The fourth-order valence-corrected chi connectivity index (χ4v) is 4.58. The van der Waals surface area contributed by atoms with Crippen LogP contribution in [0.25, 0.3) is 0 Å². The van der Waals surface area contributed by atoms with E-state index in [1.165, 1.54) is 37.9 Å². The van der Waals surface area contributed by atoms with Crippen LogP contribution in [0.1, 0.15) is 47.2 Å². The largest absolute Gasteiger partial charge is 0.497 e. The molecule has 0 aromatic heterocycles. The Labute approximate surface area is 161 Å². The van der Waals surface area contributed by atoms with E-state index >= 15 is 0 Å². The van der Waals surface area contributed by atoms with Crippen molar-refractivity contribution in [1.82, 2.24) is 10.2 Å². The van der Waals surface area contributed by atoms with Gasteiger partial charge in [-0.1, -0.05) is 36.8 Å². The molecule has 1 saturated heterocycles. The summed E-state index contributed by atoms with van der Waals surface area (Å²) in [6, 6.07) is 16.5. The topological polar surface area (TPSA) is 41.6 Å². The Hall–Kier alpha value is -2.33. The first-order valence-electron chi connectivity index (χ1n) is 9.97. The summed E-state index contributed by atoms with van der Waals surface area (Å²) in [7, 11) is 1.68. The van der Waals surface area contributed by atoms with Gasteiger partial charge in [-0.3, -0.25) is 4.79 Å². The highest BCUT2D eigenvalue weighted by Gasteiger charge is 2.41. The highest BCUT2D eigenvalue weighted by Crippen LogP contribution is 2.41. The lowest BCUT2D eigenvalue weighted by Gasteiger charge is -2.41. The van der Waals surface area contributed by atoms with Gasteiger partial charge in [0, 0.05) is 17.5 Å². The maximum absolute atomic E-state index is 12.5. The Balaban J connectivity index is 1.77. The van der Waals surface area contributed by atoms with Crippen LogP contribution in [0.3, 0.4) is 0 Å². The van der Waals surface area contributed by atoms with Crippen molar-refractivity contribution in [1.29, 1.82) is 0 Å². The normalized spacial score (nSPS) is 22.8. The Morgan fingerprint density at radius 3 is 2.59 bits per heavy atom. The van der Waals surface area contributed by atoms with Gasteiger partial charge in [-0.2, -0.15) is 0 Å². The van der Waals surface area contributed by atoms with E-state index in [-0.39, 0.29) is 11.3 Å². The Bertz CT molecular complexity index is 799. The molecule has 0 bridgehead atoms. The average Bonchev–Trinajstić information content (AvgIpc) is 2.75. The highest BCUT2D eigenvalue weighted by atomic mass is 16.5. The van der Waals surface area contributed by atoms with Crippen molar-refractivity contribution >= 4 is 5.91 Å². The van der Waals surface area contributed by atoms with Crippen LogP contribution in [-0.4, -0.2) is 44.1 Å². The molecule has 1 N–H and O–H groups in total. The zero-order chi connectivity index (χ0) is 18.7. The van der Waals surface area contributed by atoms with Gasteiger partial charge in [0.2, 0.25) is 0 Å². The number of rotatable bonds is 5. The van der Waals surface area contributed by atoms with Gasteiger partial charge in [0.05, 0.1) is 7.11 Å². The Morgan fingerprint density at radius 2 is 1.85 bits per heavy atom. The van der Waals surface area contributed by atoms with Crippen LogP contribution in [0.4, 0.5) is 0 Å². The first kappa shape index (κ1) is 18.1. The fraction of sp³-hybridized carbons (Fsp3) is 0.435. The van der Waals surface area contributed by atoms with E-state index in [1.807, 2.05) is 12.1 Å². The first-order valence-corrected chi connectivity index (χ1v) is 9.97. The Morgan fingerprint density at radius 1 is 1.07 bits per heavy atom. The van der Waals surface area contributed by atoms with E-state index < -0.39 is 0 Å². The monoisotopic (exact) mass is 364 g/mol. The zero-order valence-electron chi connectivity index (χ0n) is 16.0. The SMILES string of the molecule is COc1ccc2c(c1)C(CCN1CCCCC1)(c1ccccc1)CNC2=O. The zero-order valence-corrected chi connectivity index (χ0v) is 16.0. The molecule has 0 saturated carbocycles. The third-order valence-corrected chi connectivity index (χ3v) is 6.17. The molecule has 27 heavy (non-hydrogen) atoms. The van der Waals surface area contributed by atoms with Crippen LogP contribution in [-0.2, 0) is 5.41 Å². The third kappa shape index (κ3) is 3.46. The van der Waals surface area contributed by atoms with Crippen LogP contribution in [0.2, 0.25) is 0 Å². The van der Waals surface area contributed by atoms with Crippen LogP contribution in [0.5, 0.6) is 5.75 Å². The standard InChI is InChI=1S/C23H28N2O2/c1-27-19-10-11-20-21(16-19)23(17-24-22(20)26,18-8-4-2-5-9-18)12-15-25-13-6-3-7-14-25/h2,4-5,8-11,16H,3,6-7,12-15,17H2,1H3,(H,24,26). The summed E-state index contributed by atoms with van der Waals surface area (Å²) in [4.78, 5) is 15.1. The summed E-state index contributed by atoms with van der Waals surface area (Å²) in [5.41, 5.74) is 2.89. The van der Waals surface area contributed by atoms with E-state index in [9.17, 15) is 4.79 Å². The molecule has 2 aliphatic heterocycles. The molecule has 1 amide bonds. The molecule has 1 atom stereocenters. The number of methoxy groups -OCH3 is 1. The van der Waals surface area contributed by atoms with Gasteiger partial charge in [0.15, 0.2) is 0 Å². The van der Waals surface area contributed by atoms with E-state index in [0.29, 0.717) is 6.54 Å². The average molecular weight is 364 g/mol. The van der Waals surface area contributed by atoms with Crippen LogP contribution < -0.4 is 10.1 Å². The second kappa shape index (κ2) is 7.73. The summed E-state index contributed by atoms with van der Waals surface area (Å²) >= 11 is 0. The van der Waals surface area contributed by atoms with Crippen molar-refractivity contribution in [2.75, 3.05) is 33.3 Å². The number of likely N-dealkylation sites (tertiary alicyclic amines) is 1. The number of nitrogens with zero attached hydrogens (tertiary/aromatic N) is 1. The molecule has 0 radical (unpaired) electrons. The molecule has 2 aromatic carbocycles. The number of carbonyl (C=O) groups is 1. The molecule has 142 valence electrons. The minimum absolute atomic E-state index is 0.0113. The van der Waals surface area contributed by atoms with Gasteiger partial charge < -0.3 is 15.0 Å². The molecule has 2 aromatic rings. The summed E-state index contributed by atoms with van der Waals surface area (Å²) in [6.07, 6.45) is 4.91. The van der Waals surface area contributed by atoms with E-state index in [1.54, 1.807) is 7.11 Å². The molecule has 0 aliphatic carbocycles. The lowest BCUT2D eigenvalue weighted by Crippen LogP contribution is -2.49. The van der Waals surface area contributed by atoms with Gasteiger partial charge in [-0.15, -0.1) is 0 Å². The summed E-state index contributed by atoms with van der Waals surface area (Å²) in [6.45, 7) is 4.04. The Kier molecular flexibility index (Phi) is 5.17. The smallest absolute Gasteiger partial charge is 0.251 e. The molecule has 4 rings (SSSR count). The van der Waals surface area contributed by atoms with Crippen LogP contribution in [0.15, 0.2) is 48.5 Å². The molecular weight excluding hydrogens is 336 g/mol. The number of ether oxygens (including phenoxy) is 1. The number of piperidine rings is 1. The first-order chi connectivity index (χ1) is 13.2. The van der Waals surface area contributed by atoms with Crippen molar-refractivity contribution in [3.8, 4) is 5.75 Å². The molecule has 2 heterocycles. The quantitative estimate of drug-likeness (QED) is 0.881. The van der Waals surface area contributed by atoms with E-state index in [0.717, 1.165) is 29.8 Å². The number of nitrogens with one attached hydrogen (secondary N) is 1. The minimum Gasteiger partial charge on any atom is -0.497 e. The van der Waals surface area contributed by atoms with Crippen molar-refractivity contribution < 1.29 is 9.53 Å². The molecule has 1 fully saturated rings. The van der Waals surface area contributed by atoms with Gasteiger partial charge in [0.25, 0.3) is 5.91 Å². The van der Waals surface area contributed by atoms with Crippen molar-refractivity contribution in [2.24, 2.45) is 0 Å². The third-order valence-electron chi connectivity index (χ3n) is 6.17. The second-order valence-electron chi connectivity index (χ2n) is 7.69. The molecule has 2 aliphatic rings. The maximum Gasteiger partial charge on any atom is 0.251 e. The maximum atomic E-state index is 12.5. The predicted molar refractivity (Wildman–Crippen MR) is 107 cm³/mol. The summed E-state index contributed by atoms with van der Waals surface area (Å²) in [5, 5.41) is 3.15. The van der Waals surface area contributed by atoms with Crippen molar-refractivity contribution in [3.05, 3.63) is 65.2 Å². The summed E-state index contributed by atoms with van der Waals surface area (Å²) < 4.78 is 5.50. The number of hydrogen-bond acceptors (Lipinski definition) is 3. The number of benzene rings is 2. The van der Waals surface area contributed by atoms with Gasteiger partial charge in [-0.25, -0.2) is 0 Å². The van der Waals surface area contributed by atoms with Crippen LogP contribution >= 0.6 is 0 Å². The number of fused-ring (bicyclic) bond motifs is 1. The highest BCUT2D eigenvalue weighted by molar-refractivity contribution is 5.98. The molecular formula is C23H28N2O2. The number of amides is 1. The van der Waals surface area contributed by atoms with Crippen molar-refractivity contribution in [3.63, 3.8) is 0 Å². The molecule has 4 heteroatoms. The second-order valence-corrected chi connectivity index (χ2v) is 7.69. The lowest BCUT2D eigenvalue weighted by atomic mass is 9.68. The van der Waals surface area contributed by atoms with Crippen LogP contribution in [0, 0.1) is 0 Å². The number of carbonyl (C=O) groups excluding carboxylic acids is 1.